The van der Waals surface area contributed by atoms with Gasteiger partial charge in [0.25, 0.3) is 5.91 Å². The first-order valence-corrected chi connectivity index (χ1v) is 12.9. The summed E-state index contributed by atoms with van der Waals surface area (Å²) in [5.74, 6) is -0.651. The van der Waals surface area contributed by atoms with E-state index in [0.717, 1.165) is 11.1 Å². The van der Waals surface area contributed by atoms with Crippen LogP contribution in [0.3, 0.4) is 0 Å². The largest absolute Gasteiger partial charge is 0.333 e. The van der Waals surface area contributed by atoms with Gasteiger partial charge >= 0.3 is 0 Å². The molecule has 5 rings (SSSR count). The summed E-state index contributed by atoms with van der Waals surface area (Å²) in [7, 11) is 0. The summed E-state index contributed by atoms with van der Waals surface area (Å²) in [5.41, 5.74) is 3.63. The molecule has 5 aromatic rings. The van der Waals surface area contributed by atoms with E-state index < -0.39 is 5.82 Å². The van der Waals surface area contributed by atoms with Gasteiger partial charge in [-0.3, -0.25) is 4.79 Å². The van der Waals surface area contributed by atoms with E-state index >= 15 is 0 Å². The van der Waals surface area contributed by atoms with Crippen LogP contribution >= 0.6 is 23.2 Å². The van der Waals surface area contributed by atoms with E-state index in [1.165, 1.54) is 10.7 Å². The standard InChI is InChI=1S/C31H24Cl2FN3O/c32-26-16-15-24(19-27(26)33)37-30(20-29(35-37)25-13-7-8-14-28(25)34)31(38)36(21-23-11-5-2-6-12-23)18-17-22-9-3-1-4-10-22/h1-16,19-20H,17-18,21H2. The lowest BCUT2D eigenvalue weighted by Gasteiger charge is -2.23. The van der Waals surface area contributed by atoms with Crippen LogP contribution in [0, 0.1) is 5.82 Å². The number of benzene rings is 4. The number of rotatable bonds is 8. The fraction of sp³-hybridized carbons (Fsp3) is 0.0968. The lowest BCUT2D eigenvalue weighted by atomic mass is 10.1. The molecule has 4 aromatic carbocycles. The SMILES string of the molecule is O=C(c1cc(-c2ccccc2F)nn1-c1ccc(Cl)c(Cl)c1)N(CCc1ccccc1)Cc1ccccc1. The Labute approximate surface area is 230 Å². The molecular formula is C31H24Cl2FN3O. The predicted octanol–water partition coefficient (Wildman–Crippen LogP) is 7.87. The van der Waals surface area contributed by atoms with Crippen LogP contribution in [0.4, 0.5) is 4.39 Å². The van der Waals surface area contributed by atoms with Gasteiger partial charge in [0.1, 0.15) is 11.5 Å². The molecule has 0 unspecified atom stereocenters. The van der Waals surface area contributed by atoms with Gasteiger partial charge in [-0.25, -0.2) is 9.07 Å². The molecule has 0 aliphatic carbocycles. The number of amides is 1. The molecule has 0 fully saturated rings. The second-order valence-electron chi connectivity index (χ2n) is 8.85. The van der Waals surface area contributed by atoms with Crippen molar-refractivity contribution < 1.29 is 9.18 Å². The summed E-state index contributed by atoms with van der Waals surface area (Å²) in [6.45, 7) is 0.896. The van der Waals surface area contributed by atoms with Gasteiger partial charge in [-0.1, -0.05) is 96.0 Å². The van der Waals surface area contributed by atoms with Crippen molar-refractivity contribution in [2.45, 2.75) is 13.0 Å². The quantitative estimate of drug-likeness (QED) is 0.199. The van der Waals surface area contributed by atoms with Gasteiger partial charge < -0.3 is 4.90 Å². The molecule has 1 heterocycles. The molecule has 0 N–H and O–H groups in total. The Morgan fingerprint density at radius 1 is 0.789 bits per heavy atom. The highest BCUT2D eigenvalue weighted by Gasteiger charge is 2.24. The number of aromatic nitrogens is 2. The van der Waals surface area contributed by atoms with Crippen LogP contribution in [0.1, 0.15) is 21.6 Å². The van der Waals surface area contributed by atoms with E-state index in [4.69, 9.17) is 23.2 Å². The van der Waals surface area contributed by atoms with Crippen molar-refractivity contribution in [3.8, 4) is 16.9 Å². The number of carbonyl (C=O) groups is 1. The third kappa shape index (κ3) is 5.80. The van der Waals surface area contributed by atoms with Gasteiger partial charge in [0, 0.05) is 18.7 Å². The minimum Gasteiger partial charge on any atom is -0.333 e. The Hall–Kier alpha value is -3.93. The molecule has 1 amide bonds. The van der Waals surface area contributed by atoms with E-state index in [0.29, 0.717) is 52.2 Å². The molecule has 0 aliphatic rings. The Morgan fingerprint density at radius 3 is 2.13 bits per heavy atom. The van der Waals surface area contributed by atoms with E-state index in [1.807, 2.05) is 60.7 Å². The van der Waals surface area contributed by atoms with Crippen molar-refractivity contribution in [3.63, 3.8) is 0 Å². The van der Waals surface area contributed by atoms with Crippen LogP contribution in [0.2, 0.25) is 10.0 Å². The summed E-state index contributed by atoms with van der Waals surface area (Å²) in [6, 6.07) is 32.9. The van der Waals surface area contributed by atoms with Crippen molar-refractivity contribution in [2.75, 3.05) is 6.54 Å². The number of hydrogen-bond donors (Lipinski definition) is 0. The molecule has 7 heteroatoms. The van der Waals surface area contributed by atoms with Crippen LogP contribution < -0.4 is 0 Å². The summed E-state index contributed by atoms with van der Waals surface area (Å²) in [6.07, 6.45) is 0.681. The average Bonchev–Trinajstić information content (AvgIpc) is 3.39. The highest BCUT2D eigenvalue weighted by atomic mass is 35.5. The van der Waals surface area contributed by atoms with Crippen molar-refractivity contribution in [3.05, 3.63) is 142 Å². The number of nitrogens with zero attached hydrogens (tertiary/aromatic N) is 3. The van der Waals surface area contributed by atoms with E-state index in [-0.39, 0.29) is 5.91 Å². The van der Waals surface area contributed by atoms with Gasteiger partial charge in [-0.15, -0.1) is 0 Å². The molecule has 0 aliphatic heterocycles. The number of hydrogen-bond acceptors (Lipinski definition) is 2. The van der Waals surface area contributed by atoms with Crippen molar-refractivity contribution in [1.29, 1.82) is 0 Å². The maximum Gasteiger partial charge on any atom is 0.272 e. The topological polar surface area (TPSA) is 38.1 Å². The van der Waals surface area contributed by atoms with Crippen LogP contribution in [0.5, 0.6) is 0 Å². The monoisotopic (exact) mass is 543 g/mol. The van der Waals surface area contributed by atoms with Gasteiger partial charge in [0.15, 0.2) is 0 Å². The molecule has 0 atom stereocenters. The minimum absolute atomic E-state index is 0.231. The first-order valence-electron chi connectivity index (χ1n) is 12.2. The maximum absolute atomic E-state index is 14.7. The molecule has 1 aromatic heterocycles. The second kappa shape index (κ2) is 11.6. The zero-order valence-electron chi connectivity index (χ0n) is 20.4. The third-order valence-corrected chi connectivity index (χ3v) is 6.98. The van der Waals surface area contributed by atoms with Gasteiger partial charge in [-0.2, -0.15) is 5.10 Å². The third-order valence-electron chi connectivity index (χ3n) is 6.24. The van der Waals surface area contributed by atoms with Crippen molar-refractivity contribution in [2.24, 2.45) is 0 Å². The maximum atomic E-state index is 14.7. The summed E-state index contributed by atoms with van der Waals surface area (Å²) < 4.78 is 16.2. The molecule has 0 bridgehead atoms. The summed E-state index contributed by atoms with van der Waals surface area (Å²) in [5, 5.41) is 5.36. The van der Waals surface area contributed by atoms with Crippen LogP contribution in [0.25, 0.3) is 16.9 Å². The van der Waals surface area contributed by atoms with Crippen molar-refractivity contribution >= 4 is 29.1 Å². The predicted molar refractivity (Wildman–Crippen MR) is 150 cm³/mol. The smallest absolute Gasteiger partial charge is 0.272 e. The van der Waals surface area contributed by atoms with E-state index in [9.17, 15) is 9.18 Å². The molecule has 190 valence electrons. The highest BCUT2D eigenvalue weighted by molar-refractivity contribution is 6.42. The minimum atomic E-state index is -0.421. The molecular weight excluding hydrogens is 520 g/mol. The van der Waals surface area contributed by atoms with Crippen LogP contribution in [-0.4, -0.2) is 27.1 Å². The van der Waals surface area contributed by atoms with Gasteiger partial charge in [0.05, 0.1) is 21.4 Å². The summed E-state index contributed by atoms with van der Waals surface area (Å²) in [4.78, 5) is 15.9. The Bertz CT molecular complexity index is 1550. The number of carbonyl (C=O) groups excluding carboxylic acids is 1. The molecule has 38 heavy (non-hydrogen) atoms. The van der Waals surface area contributed by atoms with Gasteiger partial charge in [-0.05, 0) is 53.9 Å². The average molecular weight is 544 g/mol. The lowest BCUT2D eigenvalue weighted by Crippen LogP contribution is -2.34. The lowest BCUT2D eigenvalue weighted by molar-refractivity contribution is 0.0736. The molecule has 4 nitrogen and oxygen atoms in total. The molecule has 0 saturated heterocycles. The van der Waals surface area contributed by atoms with E-state index in [2.05, 4.69) is 5.10 Å². The van der Waals surface area contributed by atoms with Crippen LogP contribution in [0.15, 0.2) is 109 Å². The van der Waals surface area contributed by atoms with Crippen molar-refractivity contribution in [1.82, 2.24) is 14.7 Å². The Morgan fingerprint density at radius 2 is 1.45 bits per heavy atom. The van der Waals surface area contributed by atoms with Gasteiger partial charge in [0.2, 0.25) is 0 Å². The Kier molecular flexibility index (Phi) is 7.87. The first kappa shape index (κ1) is 25.7. The molecule has 0 spiro atoms. The van der Waals surface area contributed by atoms with Crippen LogP contribution in [-0.2, 0) is 13.0 Å². The second-order valence-corrected chi connectivity index (χ2v) is 9.67. The summed E-state index contributed by atoms with van der Waals surface area (Å²) >= 11 is 12.4. The molecule has 0 radical (unpaired) electrons. The number of halogens is 3. The normalized spacial score (nSPS) is 10.9. The fourth-order valence-electron chi connectivity index (χ4n) is 4.27. The zero-order valence-corrected chi connectivity index (χ0v) is 21.9. The van der Waals surface area contributed by atoms with E-state index in [1.54, 1.807) is 47.4 Å². The fourth-order valence-corrected chi connectivity index (χ4v) is 4.57. The highest BCUT2D eigenvalue weighted by Crippen LogP contribution is 2.29. The zero-order chi connectivity index (χ0) is 26.5. The Balaban J connectivity index is 1.57. The molecule has 0 saturated carbocycles. The first-order chi connectivity index (χ1) is 18.5.